The van der Waals surface area contributed by atoms with Gasteiger partial charge in [-0.25, -0.2) is 15.0 Å². The van der Waals surface area contributed by atoms with Crippen LogP contribution >= 0.6 is 11.3 Å². The van der Waals surface area contributed by atoms with E-state index in [2.05, 4.69) is 40.7 Å². The molecule has 17 nitrogen and oxygen atoms in total. The van der Waals surface area contributed by atoms with Gasteiger partial charge in [0.15, 0.2) is 5.78 Å². The fourth-order valence-electron chi connectivity index (χ4n) is 10.1. The van der Waals surface area contributed by atoms with Gasteiger partial charge in [-0.05, 0) is 87.2 Å². The summed E-state index contributed by atoms with van der Waals surface area (Å²) in [6.45, 7) is 15.6. The van der Waals surface area contributed by atoms with E-state index in [4.69, 9.17) is 4.98 Å². The van der Waals surface area contributed by atoms with Gasteiger partial charge in [-0.15, -0.1) is 11.3 Å². The van der Waals surface area contributed by atoms with Crippen molar-refractivity contribution in [2.24, 2.45) is 5.41 Å². The highest BCUT2D eigenvalue weighted by molar-refractivity contribution is 7.13. The van der Waals surface area contributed by atoms with Crippen molar-refractivity contribution in [2.45, 2.75) is 130 Å². The largest absolute Gasteiger partial charge is 0.391 e. The van der Waals surface area contributed by atoms with Gasteiger partial charge in [-0.3, -0.25) is 33.4 Å². The van der Waals surface area contributed by atoms with Crippen LogP contribution in [0.1, 0.15) is 119 Å². The number of benzene rings is 1. The van der Waals surface area contributed by atoms with Gasteiger partial charge in [0.05, 0.1) is 39.6 Å². The summed E-state index contributed by atoms with van der Waals surface area (Å²) in [5.74, 6) is -0.240. The van der Waals surface area contributed by atoms with E-state index in [1.807, 2.05) is 75.8 Å². The van der Waals surface area contributed by atoms with Crippen LogP contribution < -0.4 is 26.4 Å². The molecular weight excluding hydrogens is 907 g/mol. The Morgan fingerprint density at radius 2 is 1.66 bits per heavy atom. The number of fused-ring (bicyclic) bond motifs is 1. The number of unbranched alkanes of at least 4 members (excludes halogenated alkanes) is 2. The standard InChI is InChI=1S/C52H67N11O6S/c1-32-40-29-55-51(59-47(40)63(37-12-9-10-13-37)49(68)44(32)34(3)64)57-42-20-19-38(28-53-42)61-24-22-60(23-25-61)21-11-7-8-14-43(66)58-46(52(4,5)6)50(69)62-30-39(65)26-41(62)48(67)54-27-35-15-17-36(18-16-35)45-33(2)56-31-70-45/h15-20,28-29,31,37,39,41,46,65H,7-14,21-27,30H2,1-6H3,(H,54,67)(H,58,66)(H,53,55,57,59)/t39-,41+,46-/m1/s1. The zero-order valence-electron chi connectivity index (χ0n) is 41.3. The van der Waals surface area contributed by atoms with E-state index in [0.717, 1.165) is 98.6 Å². The molecule has 1 aliphatic carbocycles. The third kappa shape index (κ3) is 11.6. The molecule has 5 aromatic rings. The van der Waals surface area contributed by atoms with Crippen LogP contribution in [0.2, 0.25) is 0 Å². The Kier molecular flexibility index (Phi) is 15.7. The summed E-state index contributed by atoms with van der Waals surface area (Å²) in [4.78, 5) is 92.6. The van der Waals surface area contributed by atoms with Gasteiger partial charge in [0, 0.05) is 69.7 Å². The molecule has 1 saturated carbocycles. The average molecular weight is 974 g/mol. The fourth-order valence-corrected chi connectivity index (χ4v) is 10.9. The van der Waals surface area contributed by atoms with Crippen LogP contribution in [-0.4, -0.2) is 120 Å². The second-order valence-corrected chi connectivity index (χ2v) is 21.1. The van der Waals surface area contributed by atoms with Crippen LogP contribution in [-0.2, 0) is 20.9 Å². The number of ketones is 1. The van der Waals surface area contributed by atoms with Crippen LogP contribution in [0.5, 0.6) is 0 Å². The van der Waals surface area contributed by atoms with Crippen molar-refractivity contribution in [2.75, 3.05) is 49.5 Å². The number of carbonyl (C=O) groups is 4. The first-order valence-electron chi connectivity index (χ1n) is 24.7. The Hall–Kier alpha value is -6.11. The summed E-state index contributed by atoms with van der Waals surface area (Å²) in [6.07, 6.45) is 9.42. The van der Waals surface area contributed by atoms with Crippen molar-refractivity contribution in [1.82, 2.24) is 44.9 Å². The highest BCUT2D eigenvalue weighted by Crippen LogP contribution is 2.33. The topological polar surface area (TPSA) is 208 Å². The van der Waals surface area contributed by atoms with E-state index in [9.17, 15) is 29.1 Å². The maximum absolute atomic E-state index is 14.1. The Bertz CT molecular complexity index is 2740. The molecule has 0 radical (unpaired) electrons. The number of aliphatic hydroxyl groups excluding tert-OH is 1. The number of nitrogens with one attached hydrogen (secondary N) is 3. The van der Waals surface area contributed by atoms with Crippen molar-refractivity contribution in [3.8, 4) is 10.4 Å². The molecule has 0 bridgehead atoms. The van der Waals surface area contributed by atoms with Crippen LogP contribution in [0.4, 0.5) is 17.5 Å². The second-order valence-electron chi connectivity index (χ2n) is 20.2. The van der Waals surface area contributed by atoms with E-state index in [0.29, 0.717) is 34.8 Å². The van der Waals surface area contributed by atoms with E-state index in [1.54, 1.807) is 29.0 Å². The summed E-state index contributed by atoms with van der Waals surface area (Å²) >= 11 is 1.58. The first kappa shape index (κ1) is 50.3. The van der Waals surface area contributed by atoms with Gasteiger partial charge in [0.25, 0.3) is 5.56 Å². The number of thiazole rings is 1. The van der Waals surface area contributed by atoms with Crippen molar-refractivity contribution in [3.05, 3.63) is 87.0 Å². The number of rotatable bonds is 17. The number of hydrogen-bond donors (Lipinski definition) is 4. The van der Waals surface area contributed by atoms with Crippen LogP contribution in [0.25, 0.3) is 21.5 Å². The SMILES string of the molecule is CC(=O)c1c(C)c2cnc(Nc3ccc(N4CCN(CCCCCC(=O)N[C@H](C(=O)N5C[C@H](O)C[C@H]5C(=O)NCc5ccc(-c6scnc6C)cc5)C(C)(C)C)CC4)cn3)nc2n(C2CCCC2)c1=O. The number of pyridine rings is 2. The highest BCUT2D eigenvalue weighted by Gasteiger charge is 2.44. The molecule has 4 aromatic heterocycles. The molecule has 3 amide bonds. The molecule has 18 heteroatoms. The minimum absolute atomic E-state index is 0.00212. The predicted octanol–water partition coefficient (Wildman–Crippen LogP) is 6.48. The minimum atomic E-state index is -0.864. The van der Waals surface area contributed by atoms with Crippen molar-refractivity contribution >= 4 is 63.3 Å². The lowest BCUT2D eigenvalue weighted by Gasteiger charge is -2.36. The number of likely N-dealkylation sites (tertiary alicyclic amines) is 1. The summed E-state index contributed by atoms with van der Waals surface area (Å²) < 4.78 is 1.71. The summed E-state index contributed by atoms with van der Waals surface area (Å²) in [5, 5.41) is 20.5. The number of β-amino-alcohol motifs (C(OH)–C–C–N with tert-alkyl or cyclic N) is 1. The fraction of sp³-hybridized carbons (Fsp3) is 0.519. The molecule has 2 saturated heterocycles. The predicted molar refractivity (Wildman–Crippen MR) is 272 cm³/mol. The summed E-state index contributed by atoms with van der Waals surface area (Å²) in [5.41, 5.74) is 6.23. The quantitative estimate of drug-likeness (QED) is 0.0582. The van der Waals surface area contributed by atoms with Gasteiger partial charge < -0.3 is 30.9 Å². The monoisotopic (exact) mass is 973 g/mol. The maximum atomic E-state index is 14.1. The van der Waals surface area contributed by atoms with Crippen LogP contribution in [0.3, 0.4) is 0 Å². The number of carbonyl (C=O) groups excluding carboxylic acids is 4. The van der Waals surface area contributed by atoms with Gasteiger partial charge in [-0.1, -0.05) is 64.3 Å². The molecule has 1 aromatic carbocycles. The normalized spacial score (nSPS) is 18.3. The molecule has 3 fully saturated rings. The Morgan fingerprint density at radius 1 is 0.914 bits per heavy atom. The lowest BCUT2D eigenvalue weighted by molar-refractivity contribution is -0.144. The molecule has 3 aliphatic rings. The first-order valence-corrected chi connectivity index (χ1v) is 25.6. The molecule has 8 rings (SSSR count). The lowest BCUT2D eigenvalue weighted by atomic mass is 9.85. The zero-order chi connectivity index (χ0) is 49.7. The van der Waals surface area contributed by atoms with Gasteiger partial charge in [0.2, 0.25) is 23.7 Å². The molecule has 2 aliphatic heterocycles. The van der Waals surface area contributed by atoms with Crippen molar-refractivity contribution < 1.29 is 24.3 Å². The van der Waals surface area contributed by atoms with E-state index < -0.39 is 23.6 Å². The minimum Gasteiger partial charge on any atom is -0.391 e. The molecule has 372 valence electrons. The molecule has 4 N–H and O–H groups in total. The number of Topliss-reactive ketones (excluding diaryl/α,β-unsaturated/α-hetero) is 1. The van der Waals surface area contributed by atoms with Gasteiger partial charge >= 0.3 is 0 Å². The van der Waals surface area contributed by atoms with Crippen molar-refractivity contribution in [1.29, 1.82) is 0 Å². The Balaban J connectivity index is 0.764. The van der Waals surface area contributed by atoms with Gasteiger partial charge in [0.1, 0.15) is 23.5 Å². The van der Waals surface area contributed by atoms with Crippen molar-refractivity contribution in [3.63, 3.8) is 0 Å². The van der Waals surface area contributed by atoms with E-state index >= 15 is 0 Å². The summed E-state index contributed by atoms with van der Waals surface area (Å²) in [7, 11) is 0. The number of nitrogens with zero attached hydrogens (tertiary/aromatic N) is 8. The number of aliphatic hydroxyl groups is 1. The molecule has 6 heterocycles. The molecule has 0 unspecified atom stereocenters. The van der Waals surface area contributed by atoms with E-state index in [-0.39, 0.29) is 66.6 Å². The van der Waals surface area contributed by atoms with Crippen LogP contribution in [0, 0.1) is 19.3 Å². The molecule has 70 heavy (non-hydrogen) atoms. The number of aromatic nitrogens is 5. The molecule has 3 atom stereocenters. The third-order valence-corrected chi connectivity index (χ3v) is 15.0. The molecular formula is C52H67N11O6S. The number of amides is 3. The number of anilines is 3. The highest BCUT2D eigenvalue weighted by atomic mass is 32.1. The Morgan fingerprint density at radius 3 is 2.31 bits per heavy atom. The Labute approximate surface area is 413 Å². The molecule has 0 spiro atoms. The summed E-state index contributed by atoms with van der Waals surface area (Å²) in [6, 6.07) is 10.2. The smallest absolute Gasteiger partial charge is 0.263 e. The zero-order valence-corrected chi connectivity index (χ0v) is 42.1. The number of piperazine rings is 1. The first-order chi connectivity index (χ1) is 33.5. The number of hydrogen-bond acceptors (Lipinski definition) is 14. The van der Waals surface area contributed by atoms with E-state index in [1.165, 1.54) is 11.8 Å². The average Bonchev–Trinajstić information content (AvgIpc) is 4.12. The maximum Gasteiger partial charge on any atom is 0.263 e. The number of aryl methyl sites for hydroxylation is 2. The van der Waals surface area contributed by atoms with Crippen LogP contribution in [0.15, 0.2) is 59.1 Å². The lowest BCUT2D eigenvalue weighted by Crippen LogP contribution is -2.57. The van der Waals surface area contributed by atoms with Gasteiger partial charge in [-0.2, -0.15) is 4.98 Å². The second kappa shape index (κ2) is 21.9. The third-order valence-electron chi connectivity index (χ3n) is 14.1.